The monoisotopic (exact) mass is 362 g/mol. The molecule has 0 aromatic heterocycles. The van der Waals surface area contributed by atoms with Crippen LogP contribution in [-0.2, 0) is 13.6 Å². The van der Waals surface area contributed by atoms with Crippen molar-refractivity contribution in [3.8, 4) is 0 Å². The Morgan fingerprint density at radius 3 is 1.65 bits per heavy atom. The Morgan fingerprint density at radius 2 is 1.35 bits per heavy atom. The molecule has 0 aliphatic heterocycles. The third-order valence-electron chi connectivity index (χ3n) is 5.61. The average Bonchev–Trinajstić information content (AvgIpc) is 2.30. The first-order valence-corrected chi connectivity index (χ1v) is 14.3. The maximum absolute atomic E-state index is 11.5. The number of aliphatic carboxylic acids is 1. The van der Waals surface area contributed by atoms with E-state index in [1.165, 1.54) is 0 Å². The number of hydrogen-bond acceptors (Lipinski definition) is 3. The van der Waals surface area contributed by atoms with E-state index in [2.05, 4.69) is 67.7 Å². The molecule has 0 saturated heterocycles. The summed E-state index contributed by atoms with van der Waals surface area (Å²) in [6.07, 6.45) is -0.400. The van der Waals surface area contributed by atoms with Crippen molar-refractivity contribution >= 4 is 22.6 Å². The number of carboxylic acid groups (broad SMARTS) is 1. The summed E-state index contributed by atoms with van der Waals surface area (Å²) >= 11 is 0. The lowest BCUT2D eigenvalue weighted by Crippen LogP contribution is -2.50. The van der Waals surface area contributed by atoms with Crippen LogP contribution in [0.2, 0.25) is 36.3 Å². The molecule has 0 saturated carbocycles. The lowest BCUT2D eigenvalue weighted by Gasteiger charge is -2.42. The summed E-state index contributed by atoms with van der Waals surface area (Å²) in [7, 11) is -3.97. The zero-order valence-corrected chi connectivity index (χ0v) is 19.0. The second-order valence-electron chi connectivity index (χ2n) is 9.61. The van der Waals surface area contributed by atoms with Gasteiger partial charge in [0.2, 0.25) is 0 Å². The van der Waals surface area contributed by atoms with Gasteiger partial charge < -0.3 is 14.0 Å². The third kappa shape index (κ3) is 6.32. The molecule has 0 aromatic carbocycles. The zero-order valence-electron chi connectivity index (χ0n) is 17.0. The zero-order chi connectivity index (χ0) is 18.9. The van der Waals surface area contributed by atoms with E-state index in [0.717, 1.165) is 0 Å². The van der Waals surface area contributed by atoms with Crippen LogP contribution < -0.4 is 0 Å². The molecule has 0 aliphatic rings. The molecule has 0 unspecified atom stereocenters. The van der Waals surface area contributed by atoms with Gasteiger partial charge in [-0.05, 0) is 43.2 Å². The second kappa shape index (κ2) is 7.37. The lowest BCUT2D eigenvalue weighted by molar-refractivity contribution is -0.145. The Bertz CT molecular complexity index is 406. The fourth-order valence-electron chi connectivity index (χ4n) is 1.50. The van der Waals surface area contributed by atoms with Crippen molar-refractivity contribution in [3.63, 3.8) is 0 Å². The van der Waals surface area contributed by atoms with Crippen LogP contribution in [0.15, 0.2) is 0 Å². The van der Waals surface area contributed by atoms with Crippen LogP contribution >= 0.6 is 0 Å². The maximum Gasteiger partial charge on any atom is 0.308 e. The summed E-state index contributed by atoms with van der Waals surface area (Å²) < 4.78 is 12.6. The Labute approximate surface area is 145 Å². The van der Waals surface area contributed by atoms with Crippen molar-refractivity contribution in [1.82, 2.24) is 0 Å². The van der Waals surface area contributed by atoms with E-state index in [9.17, 15) is 9.90 Å². The van der Waals surface area contributed by atoms with Crippen LogP contribution in [0, 0.1) is 5.92 Å². The van der Waals surface area contributed by atoms with Crippen LogP contribution in [0.4, 0.5) is 0 Å². The Balaban J connectivity index is 5.25. The van der Waals surface area contributed by atoms with Gasteiger partial charge in [-0.2, -0.15) is 0 Å². The molecule has 138 valence electrons. The molecule has 2 atom stereocenters. The van der Waals surface area contributed by atoms with Crippen LogP contribution in [0.25, 0.3) is 0 Å². The minimum absolute atomic E-state index is 0.0421. The quantitative estimate of drug-likeness (QED) is 0.639. The van der Waals surface area contributed by atoms with Crippen molar-refractivity contribution in [1.29, 1.82) is 0 Å². The highest BCUT2D eigenvalue weighted by atomic mass is 28.4. The molecule has 0 rings (SSSR count). The third-order valence-corrected chi connectivity index (χ3v) is 14.6. The molecule has 0 radical (unpaired) electrons. The summed E-state index contributed by atoms with van der Waals surface area (Å²) in [5.74, 6) is -1.40. The van der Waals surface area contributed by atoms with Gasteiger partial charge in [0.1, 0.15) is 0 Å². The molecule has 0 amide bonds. The van der Waals surface area contributed by atoms with E-state index in [1.807, 2.05) is 0 Å². The molecule has 4 nitrogen and oxygen atoms in total. The van der Waals surface area contributed by atoms with Crippen LogP contribution in [0.5, 0.6) is 0 Å². The van der Waals surface area contributed by atoms with Gasteiger partial charge in [0.15, 0.2) is 16.6 Å². The molecular formula is C17H38O4Si2. The number of hydrogen-bond donors (Lipinski definition) is 1. The van der Waals surface area contributed by atoms with Crippen molar-refractivity contribution < 1.29 is 18.8 Å². The smallest absolute Gasteiger partial charge is 0.308 e. The summed E-state index contributed by atoms with van der Waals surface area (Å²) in [6, 6.07) is 0. The fraction of sp³-hybridized carbons (Fsp3) is 0.941. The summed E-state index contributed by atoms with van der Waals surface area (Å²) in [5.41, 5.74) is 0. The first-order valence-electron chi connectivity index (χ1n) is 8.47. The molecular weight excluding hydrogens is 324 g/mol. The van der Waals surface area contributed by atoms with Crippen molar-refractivity contribution in [3.05, 3.63) is 0 Å². The molecule has 0 heterocycles. The van der Waals surface area contributed by atoms with Crippen LogP contribution in [0.1, 0.15) is 48.5 Å². The van der Waals surface area contributed by atoms with E-state index >= 15 is 0 Å². The number of carboxylic acids is 1. The molecule has 6 heteroatoms. The van der Waals surface area contributed by atoms with Crippen molar-refractivity contribution in [2.75, 3.05) is 6.61 Å². The van der Waals surface area contributed by atoms with Gasteiger partial charge in [0, 0.05) is 0 Å². The predicted octanol–water partition coefficient (Wildman–Crippen LogP) is 5.12. The van der Waals surface area contributed by atoms with Gasteiger partial charge in [-0.25, -0.2) is 0 Å². The first-order chi connectivity index (χ1) is 9.92. The maximum atomic E-state index is 11.5. The average molecular weight is 363 g/mol. The van der Waals surface area contributed by atoms with Crippen LogP contribution in [0.3, 0.4) is 0 Å². The van der Waals surface area contributed by atoms with Crippen LogP contribution in [-0.4, -0.2) is 40.4 Å². The largest absolute Gasteiger partial charge is 0.481 e. The van der Waals surface area contributed by atoms with Crippen molar-refractivity contribution in [2.24, 2.45) is 5.92 Å². The molecule has 0 bridgehead atoms. The highest BCUT2D eigenvalue weighted by Crippen LogP contribution is 2.39. The summed E-state index contributed by atoms with van der Waals surface area (Å²) in [6.45, 7) is 23.8. The lowest BCUT2D eigenvalue weighted by atomic mass is 10.1. The van der Waals surface area contributed by atoms with Gasteiger partial charge in [0.25, 0.3) is 0 Å². The first kappa shape index (κ1) is 22.8. The minimum atomic E-state index is -2.05. The van der Waals surface area contributed by atoms with E-state index in [4.69, 9.17) is 8.85 Å². The predicted molar refractivity (Wildman–Crippen MR) is 102 cm³/mol. The highest BCUT2D eigenvalue weighted by Gasteiger charge is 2.43. The number of rotatable bonds is 7. The molecule has 0 spiro atoms. The second-order valence-corrected chi connectivity index (χ2v) is 19.2. The molecule has 0 aliphatic carbocycles. The van der Waals surface area contributed by atoms with E-state index in [1.54, 1.807) is 6.92 Å². The van der Waals surface area contributed by atoms with Gasteiger partial charge in [0.05, 0.1) is 18.6 Å². The van der Waals surface area contributed by atoms with Gasteiger partial charge in [-0.1, -0.05) is 41.5 Å². The van der Waals surface area contributed by atoms with Gasteiger partial charge in [-0.15, -0.1) is 0 Å². The molecule has 0 fully saturated rings. The summed E-state index contributed by atoms with van der Waals surface area (Å²) in [5, 5.41) is 9.57. The standard InChI is InChI=1S/C17H38O4Si2/c1-13(15(18)19)14(21-23(10,11)17(5,6)7)12-20-22(8,9)16(2,3)4/h13-14H,12H2,1-11H3,(H,18,19)/t13-,14-/m1/s1. The molecule has 1 N–H and O–H groups in total. The Morgan fingerprint density at radius 1 is 0.957 bits per heavy atom. The summed E-state index contributed by atoms with van der Waals surface area (Å²) in [4.78, 5) is 11.5. The van der Waals surface area contributed by atoms with Gasteiger partial charge >= 0.3 is 5.97 Å². The van der Waals surface area contributed by atoms with Gasteiger partial charge in [-0.3, -0.25) is 4.79 Å². The van der Waals surface area contributed by atoms with E-state index < -0.39 is 34.6 Å². The fourth-order valence-corrected chi connectivity index (χ4v) is 3.90. The Kier molecular flexibility index (Phi) is 7.32. The molecule has 0 aromatic rings. The van der Waals surface area contributed by atoms with E-state index in [0.29, 0.717) is 6.61 Å². The van der Waals surface area contributed by atoms with E-state index in [-0.39, 0.29) is 10.1 Å². The topological polar surface area (TPSA) is 55.8 Å². The number of carbonyl (C=O) groups is 1. The highest BCUT2D eigenvalue weighted by molar-refractivity contribution is 6.74. The Hall–Kier alpha value is -0.176. The minimum Gasteiger partial charge on any atom is -0.481 e. The SMILES string of the molecule is C[C@@H](C(=O)O)[C@@H](CO[Si](C)(C)C(C)(C)C)O[Si](C)(C)C(C)(C)C. The normalized spacial score (nSPS) is 17.0. The molecule has 23 heavy (non-hydrogen) atoms. The van der Waals surface area contributed by atoms with Crippen molar-refractivity contribution in [2.45, 2.75) is 90.8 Å².